The number of nitrogen functional groups attached to an aromatic ring is 1. The maximum absolute atomic E-state index is 9.39. The minimum atomic E-state index is -0.364. The molecule has 1 aliphatic rings. The summed E-state index contributed by atoms with van der Waals surface area (Å²) in [7, 11) is 0. The van der Waals surface area contributed by atoms with Gasteiger partial charge in [0.25, 0.3) is 0 Å². The minimum Gasteiger partial charge on any atom is -0.412 e. The second-order valence-electron chi connectivity index (χ2n) is 3.37. The van der Waals surface area contributed by atoms with Gasteiger partial charge in [-0.15, -0.1) is 0 Å². The first kappa shape index (κ1) is 13.6. The predicted molar refractivity (Wildman–Crippen MR) is 59.9 cm³/mol. The van der Waals surface area contributed by atoms with Crippen molar-refractivity contribution in [3.05, 3.63) is 44.1 Å². The van der Waals surface area contributed by atoms with Crippen LogP contribution in [0.5, 0.6) is 0 Å². The summed E-state index contributed by atoms with van der Waals surface area (Å²) in [6.45, 7) is 1.70. The Labute approximate surface area is 108 Å². The van der Waals surface area contributed by atoms with Gasteiger partial charge in [-0.1, -0.05) is 0 Å². The van der Waals surface area contributed by atoms with E-state index in [0.29, 0.717) is 11.2 Å². The Bertz CT molecular complexity index is 574. The molecule has 0 spiro atoms. The molecule has 9 nitrogen and oxygen atoms in total. The molecule has 0 bridgehead atoms. The Morgan fingerprint density at radius 2 is 2.16 bits per heavy atom. The van der Waals surface area contributed by atoms with Gasteiger partial charge in [0, 0.05) is 0 Å². The Morgan fingerprint density at radius 3 is 2.84 bits per heavy atom. The lowest BCUT2D eigenvalue weighted by Gasteiger charge is -2.09. The summed E-state index contributed by atoms with van der Waals surface area (Å²) in [4.78, 5) is 11.8. The maximum atomic E-state index is 9.39. The molecule has 0 aliphatic carbocycles. The third-order valence-electron chi connectivity index (χ3n) is 2.32. The van der Waals surface area contributed by atoms with Gasteiger partial charge in [-0.3, -0.25) is 4.57 Å². The molecule has 97 valence electrons. The fraction of sp³-hybridized carbons (Fsp3) is 0. The van der Waals surface area contributed by atoms with E-state index in [4.69, 9.17) is 15.6 Å². The van der Waals surface area contributed by atoms with Gasteiger partial charge in [-0.2, -0.15) is 0 Å². The summed E-state index contributed by atoms with van der Waals surface area (Å²) in [5.41, 5.74) is 6.44. The van der Waals surface area contributed by atoms with Gasteiger partial charge in [-0.05, 0) is 0 Å². The summed E-state index contributed by atoms with van der Waals surface area (Å²) < 4.78 is 6.52. The van der Waals surface area contributed by atoms with Crippen LogP contribution in [0.1, 0.15) is 0 Å². The van der Waals surface area contributed by atoms with Gasteiger partial charge in [-0.25, -0.2) is 15.0 Å². The van der Waals surface area contributed by atoms with E-state index in [2.05, 4.69) is 21.4 Å². The summed E-state index contributed by atoms with van der Waals surface area (Å²) in [5, 5.41) is 18.1. The summed E-state index contributed by atoms with van der Waals surface area (Å²) in [6, 6.07) is 0. The second-order valence-corrected chi connectivity index (χ2v) is 3.37. The monoisotopic (exact) mass is 267 g/mol. The van der Waals surface area contributed by atoms with Crippen molar-refractivity contribution in [3.63, 3.8) is 0 Å². The molecule has 6 N–H and O–H groups in total. The van der Waals surface area contributed by atoms with Crippen LogP contribution in [0, 0.1) is 31.5 Å². The Kier molecular flexibility index (Phi) is 3.62. The van der Waals surface area contributed by atoms with Crippen LogP contribution in [0.3, 0.4) is 0 Å². The van der Waals surface area contributed by atoms with Crippen molar-refractivity contribution < 1.29 is 20.4 Å². The van der Waals surface area contributed by atoms with Crippen LogP contribution in [0.25, 0.3) is 11.2 Å². The quantitative estimate of drug-likeness (QED) is 0.583. The zero-order chi connectivity index (χ0) is 12.7. The van der Waals surface area contributed by atoms with E-state index < -0.39 is 0 Å². The number of hydrogen-bond donors (Lipinski definition) is 3. The van der Waals surface area contributed by atoms with E-state index in [9.17, 15) is 5.11 Å². The highest BCUT2D eigenvalue weighted by Crippen LogP contribution is 2.38. The number of ether oxygens (including phenoxy) is 1. The van der Waals surface area contributed by atoms with Crippen molar-refractivity contribution in [2.45, 2.75) is 0 Å². The average Bonchev–Trinajstić information content (AvgIpc) is 2.93. The highest BCUT2D eigenvalue weighted by Gasteiger charge is 2.40. The molecule has 1 saturated heterocycles. The number of imidazole rings is 1. The number of fused-ring (bicyclic) bond motifs is 1. The van der Waals surface area contributed by atoms with Crippen molar-refractivity contribution in [2.24, 2.45) is 0 Å². The topological polar surface area (TPSA) is 151 Å². The molecule has 0 amide bonds. The lowest BCUT2D eigenvalue weighted by Crippen LogP contribution is -2.09. The molecule has 0 aromatic carbocycles. The van der Waals surface area contributed by atoms with Gasteiger partial charge >= 0.3 is 0 Å². The van der Waals surface area contributed by atoms with Crippen LogP contribution in [-0.2, 0) is 4.74 Å². The number of aliphatic hydroxyl groups excluding tert-OH is 2. The first-order valence-electron chi connectivity index (χ1n) is 4.79. The molecule has 0 saturated carbocycles. The van der Waals surface area contributed by atoms with Crippen LogP contribution in [-0.4, -0.2) is 35.2 Å². The van der Waals surface area contributed by atoms with Gasteiger partial charge in [0.2, 0.25) is 6.23 Å². The van der Waals surface area contributed by atoms with Crippen molar-refractivity contribution in [1.82, 2.24) is 19.5 Å². The standard InChI is InChI=1S/C10H6N5O3.H2O/c11-9-8-10(13-3-12-9)15(4-14-8)7-1-5(17)6(2-16)18-7;/h3-4,16-17H,(H2,11,12,13);1H2/i1+1,2+1,5+1,6+1,7+1;. The number of aromatic nitrogens is 4. The lowest BCUT2D eigenvalue weighted by atomic mass is 10.5. The first-order chi connectivity index (χ1) is 8.70. The summed E-state index contributed by atoms with van der Waals surface area (Å²) >= 11 is 0. The summed E-state index contributed by atoms with van der Waals surface area (Å²) in [6.07, 6.45) is 4.68. The van der Waals surface area contributed by atoms with Crippen molar-refractivity contribution in [3.8, 4) is 0 Å². The van der Waals surface area contributed by atoms with Gasteiger partial charge < -0.3 is 26.2 Å². The number of nitrogens with zero attached hydrogens (tertiary/aromatic N) is 4. The highest BCUT2D eigenvalue weighted by molar-refractivity contribution is 5.81. The Morgan fingerprint density at radius 1 is 1.37 bits per heavy atom. The molecule has 7 radical (unpaired) electrons. The van der Waals surface area contributed by atoms with Crippen molar-refractivity contribution in [1.29, 1.82) is 0 Å². The van der Waals surface area contributed by atoms with E-state index in [0.717, 1.165) is 0 Å². The zero-order valence-corrected chi connectivity index (χ0v) is 9.32. The molecular weight excluding hydrogens is 259 g/mol. The van der Waals surface area contributed by atoms with E-state index in [1.165, 1.54) is 17.2 Å². The predicted octanol–water partition coefficient (Wildman–Crippen LogP) is -1.12. The fourth-order valence-electron chi connectivity index (χ4n) is 1.52. The van der Waals surface area contributed by atoms with E-state index in [-0.39, 0.29) is 29.7 Å². The molecule has 2 aromatic rings. The fourth-order valence-corrected chi connectivity index (χ4v) is 1.52. The first-order valence-corrected chi connectivity index (χ1v) is 4.79. The smallest absolute Gasteiger partial charge is 0.208 e. The number of nitrogens with two attached hydrogens (primary N) is 1. The zero-order valence-electron chi connectivity index (χ0n) is 9.32. The highest BCUT2D eigenvalue weighted by atomic mass is 16.7. The van der Waals surface area contributed by atoms with Crippen molar-refractivity contribution >= 4 is 17.0 Å². The molecule has 2 aromatic heterocycles. The molecule has 1 fully saturated rings. The van der Waals surface area contributed by atoms with Crippen molar-refractivity contribution in [2.75, 3.05) is 5.73 Å². The third kappa shape index (κ3) is 2.12. The molecule has 3 heterocycles. The third-order valence-corrected chi connectivity index (χ3v) is 2.32. The molecule has 0 atom stereocenters. The summed E-state index contributed by atoms with van der Waals surface area (Å²) in [5.74, 6) is 0.232. The SMILES string of the molecule is Nc1ncnc2c1ncn2[13C]1[13C][13C](O)[13C]([13C]O)O1.O. The second kappa shape index (κ2) is 5.05. The van der Waals surface area contributed by atoms with Gasteiger partial charge in [0.15, 0.2) is 24.2 Å². The molecule has 19 heavy (non-hydrogen) atoms. The van der Waals surface area contributed by atoms with E-state index >= 15 is 0 Å². The Balaban J connectivity index is 0.00000133. The van der Waals surface area contributed by atoms with Crippen LogP contribution in [0.4, 0.5) is 5.82 Å². The van der Waals surface area contributed by atoms with Gasteiger partial charge in [0.05, 0.1) is 12.7 Å². The number of rotatable bonds is 2. The molecule has 3 rings (SSSR count). The Hall–Kier alpha value is -1.81. The lowest BCUT2D eigenvalue weighted by molar-refractivity contribution is 0.146. The number of aliphatic hydroxyl groups is 2. The molecule has 1 aliphatic heterocycles. The largest absolute Gasteiger partial charge is 0.412 e. The van der Waals surface area contributed by atoms with E-state index in [1.54, 1.807) is 6.61 Å². The molecule has 9 heteroatoms. The number of hydrogen-bond acceptors (Lipinski definition) is 7. The van der Waals surface area contributed by atoms with Crippen LogP contribution < -0.4 is 5.73 Å². The normalized spacial score (nSPS) is 18.0. The number of anilines is 1. The van der Waals surface area contributed by atoms with Crippen LogP contribution >= 0.6 is 0 Å². The van der Waals surface area contributed by atoms with Gasteiger partial charge in [0.1, 0.15) is 17.9 Å². The van der Waals surface area contributed by atoms with Crippen LogP contribution in [0.2, 0.25) is 0 Å². The molecule has 0 unspecified atom stereocenters. The van der Waals surface area contributed by atoms with E-state index in [1.807, 2.05) is 0 Å². The van der Waals surface area contributed by atoms with Crippen LogP contribution in [0.15, 0.2) is 12.7 Å². The average molecular weight is 267 g/mol. The molecular formula is C10H8N5O4. The minimum absolute atomic E-state index is 0. The maximum Gasteiger partial charge on any atom is 0.208 e.